The molecule has 0 radical (unpaired) electrons. The van der Waals surface area contributed by atoms with E-state index < -0.39 is 0 Å². The van der Waals surface area contributed by atoms with Crippen LogP contribution >= 0.6 is 11.6 Å². The number of ether oxygens (including phenoxy) is 1. The van der Waals surface area contributed by atoms with Crippen LogP contribution in [0.4, 0.5) is 0 Å². The molecule has 0 bridgehead atoms. The molecule has 18 heavy (non-hydrogen) atoms. The van der Waals surface area contributed by atoms with E-state index in [4.69, 9.17) is 20.8 Å². The monoisotopic (exact) mass is 266 g/mol. The van der Waals surface area contributed by atoms with Gasteiger partial charge >= 0.3 is 0 Å². The minimum atomic E-state index is 0.280. The lowest BCUT2D eigenvalue weighted by atomic mass is 10.2. The van der Waals surface area contributed by atoms with Crippen LogP contribution in [0.25, 0.3) is 0 Å². The Morgan fingerprint density at radius 1 is 1.28 bits per heavy atom. The van der Waals surface area contributed by atoms with E-state index in [1.807, 2.05) is 18.2 Å². The molecule has 0 amide bonds. The summed E-state index contributed by atoms with van der Waals surface area (Å²) in [5, 5.41) is 7.76. The predicted molar refractivity (Wildman–Crippen MR) is 68.9 cm³/mol. The molecule has 0 spiro atoms. The van der Waals surface area contributed by atoms with Gasteiger partial charge in [-0.05, 0) is 24.1 Å². The van der Waals surface area contributed by atoms with Crippen LogP contribution in [0.1, 0.15) is 24.3 Å². The van der Waals surface area contributed by atoms with Crippen molar-refractivity contribution in [1.82, 2.24) is 10.2 Å². The Kier molecular flexibility index (Phi) is 4.59. The number of nitrogens with zero attached hydrogens (tertiary/aromatic N) is 2. The summed E-state index contributed by atoms with van der Waals surface area (Å²) >= 11 is 5.59. The number of halogens is 1. The largest absolute Gasteiger partial charge is 0.484 e. The van der Waals surface area contributed by atoms with E-state index in [1.165, 1.54) is 5.56 Å². The summed E-state index contributed by atoms with van der Waals surface area (Å²) in [5.41, 5.74) is 1.24. The molecule has 96 valence electrons. The highest BCUT2D eigenvalue weighted by molar-refractivity contribution is 6.17. The van der Waals surface area contributed by atoms with Crippen molar-refractivity contribution in [3.05, 3.63) is 41.6 Å². The van der Waals surface area contributed by atoms with E-state index >= 15 is 0 Å². The summed E-state index contributed by atoms with van der Waals surface area (Å²) < 4.78 is 11.0. The number of alkyl halides is 1. The highest BCUT2D eigenvalue weighted by atomic mass is 35.5. The molecule has 0 N–H and O–H groups in total. The first kappa shape index (κ1) is 12.9. The minimum absolute atomic E-state index is 0.280. The van der Waals surface area contributed by atoms with E-state index in [0.29, 0.717) is 24.1 Å². The SMILES string of the molecule is CCc1cccc(OCc2nnc(CCCl)o2)c1. The number of rotatable bonds is 6. The van der Waals surface area contributed by atoms with Gasteiger partial charge in [0.2, 0.25) is 5.89 Å². The van der Waals surface area contributed by atoms with Gasteiger partial charge in [0.05, 0.1) is 0 Å². The van der Waals surface area contributed by atoms with Crippen molar-refractivity contribution in [1.29, 1.82) is 0 Å². The first-order chi connectivity index (χ1) is 8.81. The minimum Gasteiger partial charge on any atom is -0.484 e. The average Bonchev–Trinajstić information content (AvgIpc) is 2.85. The molecule has 0 fully saturated rings. The van der Waals surface area contributed by atoms with Gasteiger partial charge in [-0.2, -0.15) is 0 Å². The van der Waals surface area contributed by atoms with Crippen LogP contribution in [0.15, 0.2) is 28.7 Å². The average molecular weight is 267 g/mol. The third kappa shape index (κ3) is 3.47. The molecular weight excluding hydrogens is 252 g/mol. The van der Waals surface area contributed by atoms with E-state index in [9.17, 15) is 0 Å². The van der Waals surface area contributed by atoms with Crippen LogP contribution in [0.2, 0.25) is 0 Å². The zero-order valence-electron chi connectivity index (χ0n) is 10.2. The Labute approximate surface area is 111 Å². The molecular formula is C13H15ClN2O2. The van der Waals surface area contributed by atoms with Crippen LogP contribution in [0.3, 0.4) is 0 Å². The number of aryl methyl sites for hydroxylation is 2. The van der Waals surface area contributed by atoms with Crippen molar-refractivity contribution in [2.24, 2.45) is 0 Å². The maximum Gasteiger partial charge on any atom is 0.253 e. The summed E-state index contributed by atoms with van der Waals surface area (Å²) in [5.74, 6) is 2.30. The van der Waals surface area contributed by atoms with Crippen LogP contribution in [-0.4, -0.2) is 16.1 Å². The maximum absolute atomic E-state index is 5.60. The second-order valence-electron chi connectivity index (χ2n) is 3.82. The lowest BCUT2D eigenvalue weighted by Crippen LogP contribution is -1.96. The molecule has 0 saturated carbocycles. The summed E-state index contributed by atoms with van der Waals surface area (Å²) in [6, 6.07) is 7.96. The van der Waals surface area contributed by atoms with Gasteiger partial charge in [0, 0.05) is 12.3 Å². The lowest BCUT2D eigenvalue weighted by molar-refractivity contribution is 0.259. The molecule has 5 heteroatoms. The van der Waals surface area contributed by atoms with Gasteiger partial charge in [-0.1, -0.05) is 19.1 Å². The molecule has 0 atom stereocenters. The van der Waals surface area contributed by atoms with Gasteiger partial charge in [-0.25, -0.2) is 0 Å². The number of hydrogen-bond acceptors (Lipinski definition) is 4. The Morgan fingerprint density at radius 2 is 2.11 bits per heavy atom. The van der Waals surface area contributed by atoms with Crippen molar-refractivity contribution >= 4 is 11.6 Å². The molecule has 0 unspecified atom stereocenters. The van der Waals surface area contributed by atoms with Gasteiger partial charge in [0.1, 0.15) is 5.75 Å². The molecule has 0 aliphatic rings. The molecule has 0 aliphatic carbocycles. The highest BCUT2D eigenvalue weighted by Gasteiger charge is 2.06. The van der Waals surface area contributed by atoms with Gasteiger partial charge in [0.25, 0.3) is 5.89 Å². The van der Waals surface area contributed by atoms with Crippen LogP contribution in [-0.2, 0) is 19.4 Å². The summed E-state index contributed by atoms with van der Waals surface area (Å²) in [6.07, 6.45) is 1.57. The Bertz CT molecular complexity index is 499. The van der Waals surface area contributed by atoms with Crippen molar-refractivity contribution in [2.45, 2.75) is 26.4 Å². The summed E-state index contributed by atoms with van der Waals surface area (Å²) in [7, 11) is 0. The zero-order valence-corrected chi connectivity index (χ0v) is 11.0. The lowest BCUT2D eigenvalue weighted by Gasteiger charge is -2.04. The van der Waals surface area contributed by atoms with Gasteiger partial charge in [-0.3, -0.25) is 0 Å². The fraction of sp³-hybridized carbons (Fsp3) is 0.385. The normalized spacial score (nSPS) is 10.6. The first-order valence-corrected chi connectivity index (χ1v) is 6.44. The standard InChI is InChI=1S/C13H15ClN2O2/c1-2-10-4-3-5-11(8-10)17-9-13-16-15-12(18-13)6-7-14/h3-5,8H,2,6-7,9H2,1H3. The fourth-order valence-corrected chi connectivity index (χ4v) is 1.69. The number of hydrogen-bond donors (Lipinski definition) is 0. The molecule has 0 aliphatic heterocycles. The fourth-order valence-electron chi connectivity index (χ4n) is 1.53. The molecule has 1 heterocycles. The third-order valence-corrected chi connectivity index (χ3v) is 2.68. The smallest absolute Gasteiger partial charge is 0.253 e. The Balaban J connectivity index is 1.93. The van der Waals surface area contributed by atoms with Crippen LogP contribution < -0.4 is 4.74 Å². The third-order valence-electron chi connectivity index (χ3n) is 2.49. The molecule has 2 rings (SSSR count). The molecule has 0 saturated heterocycles. The van der Waals surface area contributed by atoms with Crippen LogP contribution in [0.5, 0.6) is 5.75 Å². The predicted octanol–water partition coefficient (Wildman–Crippen LogP) is 2.99. The van der Waals surface area contributed by atoms with Crippen molar-refractivity contribution < 1.29 is 9.15 Å². The molecule has 2 aromatic rings. The second-order valence-corrected chi connectivity index (χ2v) is 4.20. The second kappa shape index (κ2) is 6.40. The highest BCUT2D eigenvalue weighted by Crippen LogP contribution is 2.15. The summed E-state index contributed by atoms with van der Waals surface area (Å²) in [4.78, 5) is 0. The van der Waals surface area contributed by atoms with Crippen molar-refractivity contribution in [2.75, 3.05) is 5.88 Å². The topological polar surface area (TPSA) is 48.2 Å². The van der Waals surface area contributed by atoms with Gasteiger partial charge < -0.3 is 9.15 Å². The quantitative estimate of drug-likeness (QED) is 0.754. The van der Waals surface area contributed by atoms with E-state index in [2.05, 4.69) is 23.2 Å². The van der Waals surface area contributed by atoms with E-state index in [-0.39, 0.29) is 6.61 Å². The molecule has 1 aromatic heterocycles. The Morgan fingerprint density at radius 3 is 2.89 bits per heavy atom. The molecule has 1 aromatic carbocycles. The first-order valence-electron chi connectivity index (χ1n) is 5.90. The van der Waals surface area contributed by atoms with Crippen molar-refractivity contribution in [3.63, 3.8) is 0 Å². The van der Waals surface area contributed by atoms with Crippen LogP contribution in [0, 0.1) is 0 Å². The van der Waals surface area contributed by atoms with E-state index in [0.717, 1.165) is 12.2 Å². The Hall–Kier alpha value is -1.55. The summed E-state index contributed by atoms with van der Waals surface area (Å²) in [6.45, 7) is 2.39. The number of benzene rings is 1. The van der Waals surface area contributed by atoms with Gasteiger partial charge in [-0.15, -0.1) is 21.8 Å². The van der Waals surface area contributed by atoms with Crippen molar-refractivity contribution in [3.8, 4) is 5.75 Å². The van der Waals surface area contributed by atoms with E-state index in [1.54, 1.807) is 0 Å². The number of aromatic nitrogens is 2. The maximum atomic E-state index is 5.60. The molecule has 4 nitrogen and oxygen atoms in total. The van der Waals surface area contributed by atoms with Gasteiger partial charge in [0.15, 0.2) is 6.61 Å². The zero-order chi connectivity index (χ0) is 12.8.